The number of carbonyl (C=O) groups is 2. The highest BCUT2D eigenvalue weighted by molar-refractivity contribution is 6.39. The highest BCUT2D eigenvalue weighted by Crippen LogP contribution is 2.11. The molecule has 0 aliphatic carbocycles. The highest BCUT2D eigenvalue weighted by Gasteiger charge is 2.14. The molecule has 0 bridgehead atoms. The number of nitrogens with one attached hydrogen (secondary N) is 2. The maximum Gasteiger partial charge on any atom is 0.329 e. The van der Waals surface area contributed by atoms with Crippen molar-refractivity contribution < 1.29 is 14.0 Å². The molecule has 2 aromatic rings. The van der Waals surface area contributed by atoms with Crippen LogP contribution in [0, 0.1) is 5.82 Å². The monoisotopic (exact) mass is 285 g/mol. The lowest BCUT2D eigenvalue weighted by Gasteiger charge is -2.04. The summed E-state index contributed by atoms with van der Waals surface area (Å²) in [6.45, 7) is 0. The van der Waals surface area contributed by atoms with Gasteiger partial charge < -0.3 is 5.32 Å². The maximum absolute atomic E-state index is 13.3. The van der Waals surface area contributed by atoms with Gasteiger partial charge in [0.1, 0.15) is 5.82 Å². The quantitative estimate of drug-likeness (QED) is 0.514. The number of amides is 2. The summed E-state index contributed by atoms with van der Waals surface area (Å²) in [5.41, 5.74) is 2.77. The van der Waals surface area contributed by atoms with Gasteiger partial charge in [0.05, 0.1) is 11.9 Å². The second-order valence-corrected chi connectivity index (χ2v) is 4.04. The van der Waals surface area contributed by atoms with Crippen LogP contribution < -0.4 is 10.7 Å². The van der Waals surface area contributed by atoms with Crippen molar-refractivity contribution in [3.05, 3.63) is 66.0 Å². The van der Waals surface area contributed by atoms with Crippen LogP contribution in [0.3, 0.4) is 0 Å². The third-order valence-corrected chi connectivity index (χ3v) is 2.51. The first kappa shape index (κ1) is 14.4. The zero-order chi connectivity index (χ0) is 15.1. The molecule has 6 heteroatoms. The average molecular weight is 285 g/mol. The summed E-state index contributed by atoms with van der Waals surface area (Å²) < 4.78 is 13.3. The summed E-state index contributed by atoms with van der Waals surface area (Å²) in [6, 6.07) is 14.6. The van der Waals surface area contributed by atoms with Gasteiger partial charge in [0.2, 0.25) is 0 Å². The number of hydrogen-bond acceptors (Lipinski definition) is 3. The van der Waals surface area contributed by atoms with Gasteiger partial charge in [-0.05, 0) is 17.7 Å². The van der Waals surface area contributed by atoms with Crippen LogP contribution >= 0.6 is 0 Å². The van der Waals surface area contributed by atoms with E-state index in [1.54, 1.807) is 18.2 Å². The highest BCUT2D eigenvalue weighted by atomic mass is 19.1. The molecule has 0 aromatic heterocycles. The Kier molecular flexibility index (Phi) is 4.76. The average Bonchev–Trinajstić information content (AvgIpc) is 2.50. The van der Waals surface area contributed by atoms with E-state index in [0.29, 0.717) is 0 Å². The molecule has 0 unspecified atom stereocenters. The third kappa shape index (κ3) is 4.24. The molecular weight excluding hydrogens is 273 g/mol. The van der Waals surface area contributed by atoms with Gasteiger partial charge in [0.15, 0.2) is 0 Å². The molecule has 0 fully saturated rings. The fourth-order valence-corrected chi connectivity index (χ4v) is 1.50. The number of hydrogen-bond donors (Lipinski definition) is 2. The van der Waals surface area contributed by atoms with Crippen molar-refractivity contribution in [3.8, 4) is 0 Å². The first-order valence-corrected chi connectivity index (χ1v) is 6.11. The van der Waals surface area contributed by atoms with Crippen molar-refractivity contribution in [3.63, 3.8) is 0 Å². The van der Waals surface area contributed by atoms with Crippen LogP contribution in [0.15, 0.2) is 59.7 Å². The Labute approximate surface area is 120 Å². The Balaban J connectivity index is 1.90. The minimum absolute atomic E-state index is 0.0651. The number of benzene rings is 2. The van der Waals surface area contributed by atoms with Gasteiger partial charge in [-0.15, -0.1) is 0 Å². The smallest absolute Gasteiger partial charge is 0.315 e. The molecule has 0 spiro atoms. The van der Waals surface area contributed by atoms with Crippen molar-refractivity contribution in [1.29, 1.82) is 0 Å². The van der Waals surface area contributed by atoms with Crippen molar-refractivity contribution >= 4 is 23.7 Å². The van der Waals surface area contributed by atoms with E-state index in [4.69, 9.17) is 0 Å². The lowest BCUT2D eigenvalue weighted by atomic mass is 10.2. The zero-order valence-electron chi connectivity index (χ0n) is 10.9. The van der Waals surface area contributed by atoms with Crippen LogP contribution in [0.25, 0.3) is 0 Å². The molecule has 106 valence electrons. The molecule has 0 saturated carbocycles. The molecule has 2 N–H and O–H groups in total. The molecule has 0 radical (unpaired) electrons. The SMILES string of the molecule is O=C(N/N=C\c1ccccc1)C(=O)Nc1ccccc1F. The topological polar surface area (TPSA) is 70.6 Å². The van der Waals surface area contributed by atoms with E-state index in [-0.39, 0.29) is 5.69 Å². The van der Waals surface area contributed by atoms with Gasteiger partial charge in [-0.25, -0.2) is 9.82 Å². The zero-order valence-corrected chi connectivity index (χ0v) is 10.9. The summed E-state index contributed by atoms with van der Waals surface area (Å²) in [4.78, 5) is 23.0. The molecule has 0 heterocycles. The molecule has 0 aliphatic rings. The Hall–Kier alpha value is -3.02. The molecular formula is C15H12FN3O2. The number of para-hydroxylation sites is 1. The van der Waals surface area contributed by atoms with Gasteiger partial charge in [-0.1, -0.05) is 42.5 Å². The van der Waals surface area contributed by atoms with E-state index in [0.717, 1.165) is 5.56 Å². The fraction of sp³-hybridized carbons (Fsp3) is 0. The van der Waals surface area contributed by atoms with E-state index in [2.05, 4.69) is 15.8 Å². The Morgan fingerprint density at radius 2 is 1.62 bits per heavy atom. The molecule has 0 atom stereocenters. The van der Waals surface area contributed by atoms with E-state index in [9.17, 15) is 14.0 Å². The lowest BCUT2D eigenvalue weighted by molar-refractivity contribution is -0.136. The van der Waals surface area contributed by atoms with Gasteiger partial charge in [-0.2, -0.15) is 5.10 Å². The van der Waals surface area contributed by atoms with E-state index in [1.807, 2.05) is 18.2 Å². The van der Waals surface area contributed by atoms with Crippen LogP contribution in [0.2, 0.25) is 0 Å². The normalized spacial score (nSPS) is 10.3. The lowest BCUT2D eigenvalue weighted by Crippen LogP contribution is -2.32. The minimum Gasteiger partial charge on any atom is -0.315 e. The minimum atomic E-state index is -0.995. The number of rotatable bonds is 3. The van der Waals surface area contributed by atoms with Crippen molar-refractivity contribution in [2.45, 2.75) is 0 Å². The Morgan fingerprint density at radius 1 is 0.952 bits per heavy atom. The van der Waals surface area contributed by atoms with Gasteiger partial charge >= 0.3 is 11.8 Å². The molecule has 0 aliphatic heterocycles. The number of nitrogens with zero attached hydrogens (tertiary/aromatic N) is 1. The summed E-state index contributed by atoms with van der Waals surface area (Å²) >= 11 is 0. The number of anilines is 1. The van der Waals surface area contributed by atoms with Crippen LogP contribution in [0.1, 0.15) is 5.56 Å². The van der Waals surface area contributed by atoms with Crippen LogP contribution in [0.5, 0.6) is 0 Å². The Morgan fingerprint density at radius 3 is 2.33 bits per heavy atom. The largest absolute Gasteiger partial charge is 0.329 e. The van der Waals surface area contributed by atoms with Crippen LogP contribution in [0.4, 0.5) is 10.1 Å². The first-order chi connectivity index (χ1) is 10.2. The van der Waals surface area contributed by atoms with E-state index < -0.39 is 17.6 Å². The molecule has 0 saturated heterocycles. The number of carbonyl (C=O) groups excluding carboxylic acids is 2. The third-order valence-electron chi connectivity index (χ3n) is 2.51. The van der Waals surface area contributed by atoms with Crippen LogP contribution in [-0.2, 0) is 9.59 Å². The number of hydrazone groups is 1. The standard InChI is InChI=1S/C15H12FN3O2/c16-12-8-4-5-9-13(12)18-14(20)15(21)19-17-10-11-6-2-1-3-7-11/h1-10H,(H,18,20)(H,19,21)/b17-10-. The Bertz CT molecular complexity index is 672. The predicted molar refractivity (Wildman–Crippen MR) is 77.2 cm³/mol. The summed E-state index contributed by atoms with van der Waals surface area (Å²) in [5, 5.41) is 5.81. The van der Waals surface area contributed by atoms with Gasteiger partial charge in [-0.3, -0.25) is 9.59 Å². The summed E-state index contributed by atoms with van der Waals surface area (Å²) in [7, 11) is 0. The maximum atomic E-state index is 13.3. The molecule has 2 rings (SSSR count). The fourth-order valence-electron chi connectivity index (χ4n) is 1.50. The van der Waals surface area contributed by atoms with Crippen molar-refractivity contribution in [2.75, 3.05) is 5.32 Å². The van der Waals surface area contributed by atoms with E-state index >= 15 is 0 Å². The van der Waals surface area contributed by atoms with E-state index in [1.165, 1.54) is 24.4 Å². The van der Waals surface area contributed by atoms with Crippen molar-refractivity contribution in [1.82, 2.24) is 5.43 Å². The second kappa shape index (κ2) is 6.95. The molecule has 2 amide bonds. The summed E-state index contributed by atoms with van der Waals surface area (Å²) in [6.07, 6.45) is 1.40. The molecule has 2 aromatic carbocycles. The number of halogens is 1. The molecule has 5 nitrogen and oxygen atoms in total. The van der Waals surface area contributed by atoms with Gasteiger partial charge in [0, 0.05) is 0 Å². The van der Waals surface area contributed by atoms with Gasteiger partial charge in [0.25, 0.3) is 0 Å². The summed E-state index contributed by atoms with van der Waals surface area (Å²) in [5.74, 6) is -2.60. The second-order valence-electron chi connectivity index (χ2n) is 4.04. The molecule has 21 heavy (non-hydrogen) atoms. The predicted octanol–water partition coefficient (Wildman–Crippen LogP) is 1.91. The first-order valence-electron chi connectivity index (χ1n) is 6.11. The van der Waals surface area contributed by atoms with Crippen molar-refractivity contribution in [2.24, 2.45) is 5.10 Å². The van der Waals surface area contributed by atoms with Crippen LogP contribution in [-0.4, -0.2) is 18.0 Å².